The van der Waals surface area contributed by atoms with Crippen molar-refractivity contribution >= 4 is 28.8 Å². The maximum absolute atomic E-state index is 12.5. The lowest BCUT2D eigenvalue weighted by molar-refractivity contribution is -0.121. The maximum atomic E-state index is 12.5. The molecule has 1 aromatic heterocycles. The third-order valence-electron chi connectivity index (χ3n) is 4.84. The van der Waals surface area contributed by atoms with Crippen molar-refractivity contribution in [2.75, 3.05) is 11.9 Å². The summed E-state index contributed by atoms with van der Waals surface area (Å²) >= 11 is 1.47. The number of amides is 2. The fraction of sp³-hybridized carbons (Fsp3) is 0.261. The average Bonchev–Trinajstić information content (AvgIpc) is 3.19. The van der Waals surface area contributed by atoms with Crippen molar-refractivity contribution in [2.45, 2.75) is 32.9 Å². The molecule has 1 unspecified atom stereocenters. The van der Waals surface area contributed by atoms with Crippen molar-refractivity contribution in [1.82, 2.24) is 10.3 Å². The first-order valence-corrected chi connectivity index (χ1v) is 10.8. The summed E-state index contributed by atoms with van der Waals surface area (Å²) in [5.41, 5.74) is 3.39. The van der Waals surface area contributed by atoms with Gasteiger partial charge in [-0.3, -0.25) is 9.59 Å². The van der Waals surface area contributed by atoms with E-state index < -0.39 is 0 Å². The Bertz CT molecular complexity index is 1090. The van der Waals surface area contributed by atoms with Gasteiger partial charge in [-0.25, -0.2) is 4.98 Å². The molecule has 0 spiro atoms. The van der Waals surface area contributed by atoms with Crippen molar-refractivity contribution < 1.29 is 19.1 Å². The summed E-state index contributed by atoms with van der Waals surface area (Å²) in [6, 6.07) is 13.1. The van der Waals surface area contributed by atoms with Crippen molar-refractivity contribution in [3.05, 3.63) is 69.7 Å². The van der Waals surface area contributed by atoms with Gasteiger partial charge in [0, 0.05) is 5.38 Å². The van der Waals surface area contributed by atoms with E-state index in [1.807, 2.05) is 55.6 Å². The first-order chi connectivity index (χ1) is 15.0. The number of carbonyl (C=O) groups excluding carboxylic acids is 2. The standard InChI is InChI=1S/C23H23N3O4S/c1-14-3-6-18(7-4-14)29-12-23-25-17(13-31-23)10-21(27)24-15(2)16-5-8-20-19(9-16)26-22(28)11-30-20/h3-9,13,15H,10-12H2,1-2H3,(H,24,27)(H,26,28). The Morgan fingerprint density at radius 2 is 2.10 bits per heavy atom. The van der Waals surface area contributed by atoms with Crippen molar-refractivity contribution in [3.63, 3.8) is 0 Å². The molecule has 160 valence electrons. The van der Waals surface area contributed by atoms with Gasteiger partial charge in [0.2, 0.25) is 5.91 Å². The molecule has 2 aromatic carbocycles. The smallest absolute Gasteiger partial charge is 0.262 e. The number of anilines is 1. The Hall–Kier alpha value is -3.39. The van der Waals surface area contributed by atoms with Crippen LogP contribution in [0.3, 0.4) is 0 Å². The maximum Gasteiger partial charge on any atom is 0.262 e. The summed E-state index contributed by atoms with van der Waals surface area (Å²) in [6.45, 7) is 4.31. The van der Waals surface area contributed by atoms with Gasteiger partial charge in [-0.1, -0.05) is 23.8 Å². The molecule has 1 atom stereocenters. The zero-order valence-corrected chi connectivity index (χ0v) is 18.1. The van der Waals surface area contributed by atoms with E-state index in [9.17, 15) is 9.59 Å². The number of aromatic nitrogens is 1. The molecule has 4 rings (SSSR count). The highest BCUT2D eigenvalue weighted by Crippen LogP contribution is 2.30. The summed E-state index contributed by atoms with van der Waals surface area (Å²) in [5, 5.41) is 8.46. The fourth-order valence-electron chi connectivity index (χ4n) is 3.19. The Balaban J connectivity index is 1.30. The minimum Gasteiger partial charge on any atom is -0.486 e. The number of nitrogens with zero attached hydrogens (tertiary/aromatic N) is 1. The number of thiazole rings is 1. The molecule has 3 aromatic rings. The van der Waals surface area contributed by atoms with Gasteiger partial charge in [0.15, 0.2) is 6.61 Å². The van der Waals surface area contributed by atoms with E-state index in [-0.39, 0.29) is 30.9 Å². The summed E-state index contributed by atoms with van der Waals surface area (Å²) in [4.78, 5) is 28.5. The van der Waals surface area contributed by atoms with Crippen LogP contribution < -0.4 is 20.1 Å². The molecule has 2 heterocycles. The number of aryl methyl sites for hydroxylation is 1. The van der Waals surface area contributed by atoms with Gasteiger partial charge in [0.1, 0.15) is 23.1 Å². The van der Waals surface area contributed by atoms with Crippen LogP contribution in [0.25, 0.3) is 0 Å². The fourth-order valence-corrected chi connectivity index (χ4v) is 3.89. The predicted octanol–water partition coefficient (Wildman–Crippen LogP) is 3.78. The van der Waals surface area contributed by atoms with Crippen LogP contribution in [-0.2, 0) is 22.6 Å². The average molecular weight is 438 g/mol. The minimum absolute atomic E-state index is 0.0182. The van der Waals surface area contributed by atoms with Crippen LogP contribution in [0.4, 0.5) is 5.69 Å². The third-order valence-corrected chi connectivity index (χ3v) is 5.71. The van der Waals surface area contributed by atoms with Gasteiger partial charge in [0.25, 0.3) is 5.91 Å². The third kappa shape index (κ3) is 5.40. The highest BCUT2D eigenvalue weighted by Gasteiger charge is 2.18. The number of hydrogen-bond acceptors (Lipinski definition) is 6. The van der Waals surface area contributed by atoms with E-state index in [4.69, 9.17) is 9.47 Å². The van der Waals surface area contributed by atoms with E-state index in [0.29, 0.717) is 23.7 Å². The van der Waals surface area contributed by atoms with Gasteiger partial charge in [-0.15, -0.1) is 11.3 Å². The quantitative estimate of drug-likeness (QED) is 0.587. The Morgan fingerprint density at radius 3 is 2.90 bits per heavy atom. The van der Waals surface area contributed by atoms with E-state index in [0.717, 1.165) is 16.3 Å². The van der Waals surface area contributed by atoms with Crippen LogP contribution >= 0.6 is 11.3 Å². The molecular weight excluding hydrogens is 414 g/mol. The topological polar surface area (TPSA) is 89.5 Å². The number of nitrogens with one attached hydrogen (secondary N) is 2. The number of ether oxygens (including phenoxy) is 2. The number of carbonyl (C=O) groups is 2. The van der Waals surface area contributed by atoms with Crippen LogP contribution in [0, 0.1) is 6.92 Å². The first kappa shape index (κ1) is 20.9. The van der Waals surface area contributed by atoms with E-state index >= 15 is 0 Å². The van der Waals surface area contributed by atoms with Gasteiger partial charge < -0.3 is 20.1 Å². The highest BCUT2D eigenvalue weighted by molar-refractivity contribution is 7.09. The van der Waals surface area contributed by atoms with Crippen LogP contribution in [0.2, 0.25) is 0 Å². The minimum atomic E-state index is -0.223. The number of hydrogen-bond donors (Lipinski definition) is 2. The van der Waals surface area contributed by atoms with Crippen LogP contribution in [0.15, 0.2) is 47.8 Å². The Kier molecular flexibility index (Phi) is 6.18. The number of rotatable bonds is 7. The summed E-state index contributed by atoms with van der Waals surface area (Å²) in [5.74, 6) is 1.11. The van der Waals surface area contributed by atoms with Crippen LogP contribution in [0.1, 0.15) is 34.8 Å². The molecule has 0 fully saturated rings. The molecule has 0 bridgehead atoms. The van der Waals surface area contributed by atoms with E-state index in [2.05, 4.69) is 15.6 Å². The molecule has 2 N–H and O–H groups in total. The Labute approximate surface area is 184 Å². The summed E-state index contributed by atoms with van der Waals surface area (Å²) in [6.07, 6.45) is 0.191. The lowest BCUT2D eigenvalue weighted by Gasteiger charge is -2.21. The van der Waals surface area contributed by atoms with Gasteiger partial charge in [-0.05, 0) is 43.7 Å². The van der Waals surface area contributed by atoms with Crippen molar-refractivity contribution in [1.29, 1.82) is 0 Å². The van der Waals surface area contributed by atoms with Crippen molar-refractivity contribution in [3.8, 4) is 11.5 Å². The lowest BCUT2D eigenvalue weighted by Crippen LogP contribution is -2.29. The molecule has 1 aliphatic rings. The van der Waals surface area contributed by atoms with E-state index in [1.54, 1.807) is 6.07 Å². The Morgan fingerprint density at radius 1 is 1.29 bits per heavy atom. The van der Waals surface area contributed by atoms with Crippen LogP contribution in [0.5, 0.6) is 11.5 Å². The summed E-state index contributed by atoms with van der Waals surface area (Å²) in [7, 11) is 0. The first-order valence-electron chi connectivity index (χ1n) is 9.95. The van der Waals surface area contributed by atoms with Crippen LogP contribution in [-0.4, -0.2) is 23.4 Å². The molecule has 31 heavy (non-hydrogen) atoms. The molecule has 0 radical (unpaired) electrons. The molecular formula is C23H23N3O4S. The molecule has 7 nitrogen and oxygen atoms in total. The van der Waals surface area contributed by atoms with E-state index in [1.165, 1.54) is 16.9 Å². The normalized spacial score (nSPS) is 13.5. The second-order valence-corrected chi connectivity index (χ2v) is 8.34. The SMILES string of the molecule is Cc1ccc(OCc2nc(CC(=O)NC(C)c3ccc4c(c3)NC(=O)CO4)cs2)cc1. The largest absolute Gasteiger partial charge is 0.486 e. The molecule has 0 aliphatic carbocycles. The number of benzene rings is 2. The predicted molar refractivity (Wildman–Crippen MR) is 118 cm³/mol. The zero-order chi connectivity index (χ0) is 21.8. The van der Waals surface area contributed by atoms with Gasteiger partial charge in [-0.2, -0.15) is 0 Å². The molecule has 1 aliphatic heterocycles. The monoisotopic (exact) mass is 437 g/mol. The molecule has 0 saturated heterocycles. The zero-order valence-electron chi connectivity index (χ0n) is 17.3. The van der Waals surface area contributed by atoms with Gasteiger partial charge in [0.05, 0.1) is 23.8 Å². The summed E-state index contributed by atoms with van der Waals surface area (Å²) < 4.78 is 11.1. The second kappa shape index (κ2) is 9.18. The molecule has 8 heteroatoms. The van der Waals surface area contributed by atoms with Gasteiger partial charge >= 0.3 is 0 Å². The highest BCUT2D eigenvalue weighted by atomic mass is 32.1. The second-order valence-electron chi connectivity index (χ2n) is 7.39. The molecule has 2 amide bonds. The number of fused-ring (bicyclic) bond motifs is 1. The van der Waals surface area contributed by atoms with Crippen molar-refractivity contribution in [2.24, 2.45) is 0 Å². The molecule has 0 saturated carbocycles. The lowest BCUT2D eigenvalue weighted by atomic mass is 10.1.